The zero-order valence-electron chi connectivity index (χ0n) is 7.44. The van der Waals surface area contributed by atoms with Gasteiger partial charge in [-0.3, -0.25) is 4.79 Å². The first kappa shape index (κ1) is 9.50. The van der Waals surface area contributed by atoms with E-state index in [1.807, 2.05) is 0 Å². The third-order valence-corrected chi connectivity index (χ3v) is 1.38. The van der Waals surface area contributed by atoms with Gasteiger partial charge in [-0.15, -0.1) is 0 Å². The lowest BCUT2D eigenvalue weighted by Gasteiger charge is -2.07. The largest absolute Gasteiger partial charge is 0.481 e. The van der Waals surface area contributed by atoms with E-state index in [1.165, 1.54) is 0 Å². The summed E-state index contributed by atoms with van der Waals surface area (Å²) < 4.78 is 4.75. The fourth-order valence-corrected chi connectivity index (χ4v) is 0.879. The van der Waals surface area contributed by atoms with Crippen LogP contribution in [0.15, 0.2) is 4.52 Å². The fourth-order valence-electron chi connectivity index (χ4n) is 0.879. The van der Waals surface area contributed by atoms with Crippen molar-refractivity contribution in [3.05, 3.63) is 5.82 Å². The van der Waals surface area contributed by atoms with Gasteiger partial charge in [0.05, 0.1) is 6.42 Å². The van der Waals surface area contributed by atoms with Gasteiger partial charge in [0.2, 0.25) is 0 Å². The summed E-state index contributed by atoms with van der Waals surface area (Å²) in [5, 5.41) is 14.8. The quantitative estimate of drug-likeness (QED) is 0.716. The van der Waals surface area contributed by atoms with E-state index in [0.717, 1.165) is 0 Å². The highest BCUT2D eigenvalue weighted by Gasteiger charge is 2.10. The Bertz CT molecular complexity index is 297. The molecule has 1 rings (SSSR count). The number of aliphatic carboxylic acids is 1. The summed E-state index contributed by atoms with van der Waals surface area (Å²) in [5.74, 6) is -0.346. The molecule has 0 radical (unpaired) electrons. The lowest BCUT2D eigenvalue weighted by molar-refractivity contribution is -0.137. The van der Waals surface area contributed by atoms with Crippen LogP contribution in [0.1, 0.15) is 19.2 Å². The molecule has 1 atom stereocenters. The van der Waals surface area contributed by atoms with Gasteiger partial charge in [-0.1, -0.05) is 5.16 Å². The molecular formula is C7H11N3O3. The molecule has 0 aliphatic rings. The van der Waals surface area contributed by atoms with E-state index in [2.05, 4.69) is 15.5 Å². The Morgan fingerprint density at radius 2 is 2.46 bits per heavy atom. The molecule has 0 spiro atoms. The summed E-state index contributed by atoms with van der Waals surface area (Å²) in [4.78, 5) is 14.2. The second-order valence-corrected chi connectivity index (χ2v) is 2.79. The lowest BCUT2D eigenvalue weighted by atomic mass is 10.2. The molecule has 0 aliphatic heterocycles. The van der Waals surface area contributed by atoms with Crippen LogP contribution in [-0.2, 0) is 4.79 Å². The average Bonchev–Trinajstić information content (AvgIpc) is 2.33. The van der Waals surface area contributed by atoms with Crippen molar-refractivity contribution in [1.82, 2.24) is 10.1 Å². The minimum atomic E-state index is -0.865. The van der Waals surface area contributed by atoms with E-state index >= 15 is 0 Å². The van der Waals surface area contributed by atoms with E-state index < -0.39 is 5.97 Å². The highest BCUT2D eigenvalue weighted by molar-refractivity contribution is 5.67. The molecule has 2 N–H and O–H groups in total. The number of rotatable bonds is 4. The van der Waals surface area contributed by atoms with Crippen LogP contribution in [0.2, 0.25) is 0 Å². The van der Waals surface area contributed by atoms with Gasteiger partial charge in [0.15, 0.2) is 5.82 Å². The van der Waals surface area contributed by atoms with Gasteiger partial charge in [-0.25, -0.2) is 0 Å². The summed E-state index contributed by atoms with van der Waals surface area (Å²) in [6.07, 6.45) is 0.0153. The number of aromatic nitrogens is 2. The molecule has 6 heteroatoms. The summed E-state index contributed by atoms with van der Waals surface area (Å²) in [6.45, 7) is 3.42. The van der Waals surface area contributed by atoms with E-state index in [-0.39, 0.29) is 18.5 Å². The highest BCUT2D eigenvalue weighted by Crippen LogP contribution is 2.05. The van der Waals surface area contributed by atoms with Crippen molar-refractivity contribution < 1.29 is 14.4 Å². The summed E-state index contributed by atoms with van der Waals surface area (Å²) >= 11 is 0. The Labute approximate surface area is 74.9 Å². The first-order valence-corrected chi connectivity index (χ1v) is 3.86. The van der Waals surface area contributed by atoms with Gasteiger partial charge >= 0.3 is 12.0 Å². The van der Waals surface area contributed by atoms with Crippen molar-refractivity contribution in [3.8, 4) is 0 Å². The Kier molecular flexibility index (Phi) is 2.84. The van der Waals surface area contributed by atoms with Crippen LogP contribution in [0.5, 0.6) is 0 Å². The molecule has 13 heavy (non-hydrogen) atoms. The number of carboxylic acids is 1. The molecule has 0 bridgehead atoms. The van der Waals surface area contributed by atoms with Gasteiger partial charge in [0.1, 0.15) is 0 Å². The number of nitrogens with zero attached hydrogens (tertiary/aromatic N) is 2. The van der Waals surface area contributed by atoms with Crippen molar-refractivity contribution >= 4 is 12.0 Å². The zero-order chi connectivity index (χ0) is 9.84. The van der Waals surface area contributed by atoms with Crippen molar-refractivity contribution in [2.75, 3.05) is 5.32 Å². The van der Waals surface area contributed by atoms with Gasteiger partial charge in [0, 0.05) is 6.04 Å². The smallest absolute Gasteiger partial charge is 0.321 e. The van der Waals surface area contributed by atoms with Gasteiger partial charge < -0.3 is 14.9 Å². The second-order valence-electron chi connectivity index (χ2n) is 2.79. The predicted molar refractivity (Wildman–Crippen MR) is 44.4 cm³/mol. The van der Waals surface area contributed by atoms with Crippen molar-refractivity contribution in [2.24, 2.45) is 0 Å². The van der Waals surface area contributed by atoms with E-state index in [0.29, 0.717) is 5.82 Å². The Morgan fingerprint density at radius 3 is 2.92 bits per heavy atom. The van der Waals surface area contributed by atoms with Crippen LogP contribution in [0, 0.1) is 6.92 Å². The minimum absolute atomic E-state index is 0.0153. The molecule has 72 valence electrons. The second kappa shape index (κ2) is 3.88. The normalized spacial score (nSPS) is 12.5. The molecule has 0 amide bonds. The van der Waals surface area contributed by atoms with Gasteiger partial charge in [-0.05, 0) is 13.8 Å². The maximum absolute atomic E-state index is 10.3. The number of hydrogen-bond donors (Lipinski definition) is 2. The van der Waals surface area contributed by atoms with Crippen LogP contribution in [-0.4, -0.2) is 27.3 Å². The molecule has 0 fully saturated rings. The molecule has 1 unspecified atom stereocenters. The Hall–Kier alpha value is -1.59. The van der Waals surface area contributed by atoms with Crippen molar-refractivity contribution in [3.63, 3.8) is 0 Å². The summed E-state index contributed by atoms with van der Waals surface area (Å²) in [7, 11) is 0. The molecule has 1 aromatic heterocycles. The maximum Gasteiger partial charge on any atom is 0.321 e. The van der Waals surface area contributed by atoms with Crippen LogP contribution in [0.25, 0.3) is 0 Å². The SMILES string of the molecule is Cc1noc(NC(C)CC(=O)O)n1. The molecule has 0 aliphatic carbocycles. The van der Waals surface area contributed by atoms with E-state index in [9.17, 15) is 4.79 Å². The molecule has 0 saturated heterocycles. The lowest BCUT2D eigenvalue weighted by Crippen LogP contribution is -2.19. The van der Waals surface area contributed by atoms with Gasteiger partial charge in [-0.2, -0.15) is 4.98 Å². The number of carboxylic acid groups (broad SMARTS) is 1. The molecule has 1 heterocycles. The topological polar surface area (TPSA) is 88.2 Å². The van der Waals surface area contributed by atoms with E-state index in [4.69, 9.17) is 9.63 Å². The summed E-state index contributed by atoms with van der Waals surface area (Å²) in [5.41, 5.74) is 0. The zero-order valence-corrected chi connectivity index (χ0v) is 7.44. The Balaban J connectivity index is 2.44. The monoisotopic (exact) mass is 185 g/mol. The molecule has 6 nitrogen and oxygen atoms in total. The number of nitrogens with one attached hydrogen (secondary N) is 1. The van der Waals surface area contributed by atoms with E-state index in [1.54, 1.807) is 13.8 Å². The summed E-state index contributed by atoms with van der Waals surface area (Å²) in [6, 6.07) is 0.0311. The maximum atomic E-state index is 10.3. The molecule has 0 saturated carbocycles. The minimum Gasteiger partial charge on any atom is -0.481 e. The standard InChI is InChI=1S/C7H11N3O3/c1-4(3-6(11)12)8-7-9-5(2)10-13-7/h4H,3H2,1-2H3,(H,11,12)(H,8,9,10). The van der Waals surface area contributed by atoms with Crippen molar-refractivity contribution in [2.45, 2.75) is 26.3 Å². The third-order valence-electron chi connectivity index (χ3n) is 1.38. The Morgan fingerprint density at radius 1 is 1.77 bits per heavy atom. The third kappa shape index (κ3) is 3.10. The number of aryl methyl sites for hydroxylation is 1. The van der Waals surface area contributed by atoms with Crippen LogP contribution >= 0.6 is 0 Å². The first-order chi connectivity index (χ1) is 6.08. The van der Waals surface area contributed by atoms with Crippen LogP contribution < -0.4 is 5.32 Å². The number of anilines is 1. The first-order valence-electron chi connectivity index (χ1n) is 3.86. The molecule has 0 aromatic carbocycles. The van der Waals surface area contributed by atoms with Crippen LogP contribution in [0.3, 0.4) is 0 Å². The van der Waals surface area contributed by atoms with Crippen LogP contribution in [0.4, 0.5) is 6.01 Å². The highest BCUT2D eigenvalue weighted by atomic mass is 16.5. The number of carbonyl (C=O) groups is 1. The fraction of sp³-hybridized carbons (Fsp3) is 0.571. The molecule has 1 aromatic rings. The molecular weight excluding hydrogens is 174 g/mol. The van der Waals surface area contributed by atoms with Crippen molar-refractivity contribution in [1.29, 1.82) is 0 Å². The number of hydrogen-bond acceptors (Lipinski definition) is 5. The average molecular weight is 185 g/mol. The van der Waals surface area contributed by atoms with Gasteiger partial charge in [0.25, 0.3) is 0 Å². The predicted octanol–water partition coefficient (Wildman–Crippen LogP) is 0.653.